The average molecular weight is 223 g/mol. The van der Waals surface area contributed by atoms with E-state index in [2.05, 4.69) is 10.4 Å². The van der Waals surface area contributed by atoms with Crippen LogP contribution in [0.3, 0.4) is 0 Å². The number of nitrogens with zero attached hydrogens (tertiary/aromatic N) is 2. The Balaban J connectivity index is 1.94. The number of nitrogens with one attached hydrogen (secondary N) is 1. The van der Waals surface area contributed by atoms with Gasteiger partial charge in [-0.1, -0.05) is 0 Å². The van der Waals surface area contributed by atoms with Crippen molar-refractivity contribution in [2.45, 2.75) is 31.9 Å². The third kappa shape index (κ3) is 2.24. The molecule has 1 amide bonds. The van der Waals surface area contributed by atoms with Crippen LogP contribution in [-0.4, -0.2) is 34.4 Å². The summed E-state index contributed by atoms with van der Waals surface area (Å²) in [5, 5.41) is 6.91. The molecule has 0 radical (unpaired) electrons. The van der Waals surface area contributed by atoms with Gasteiger partial charge in [0.05, 0.1) is 12.1 Å². The molecule has 1 saturated heterocycles. The average Bonchev–Trinajstić information content (AvgIpc) is 2.86. The third-order valence-electron chi connectivity index (χ3n) is 2.93. The molecule has 0 bridgehead atoms. The number of rotatable bonds is 3. The van der Waals surface area contributed by atoms with Gasteiger partial charge in [0.2, 0.25) is 0 Å². The number of amides is 1. The van der Waals surface area contributed by atoms with Gasteiger partial charge in [-0.15, -0.1) is 0 Å². The molecule has 0 saturated carbocycles. The summed E-state index contributed by atoms with van der Waals surface area (Å²) in [4.78, 5) is 11.9. The van der Waals surface area contributed by atoms with Gasteiger partial charge in [0.1, 0.15) is 5.69 Å². The second-order valence-electron chi connectivity index (χ2n) is 4.15. The summed E-state index contributed by atoms with van der Waals surface area (Å²) < 4.78 is 7.09. The Morgan fingerprint density at radius 1 is 1.75 bits per heavy atom. The summed E-state index contributed by atoms with van der Waals surface area (Å²) in [7, 11) is 1.76. The van der Waals surface area contributed by atoms with Crippen molar-refractivity contribution in [3.63, 3.8) is 0 Å². The number of ether oxygens (including phenoxy) is 1. The van der Waals surface area contributed by atoms with Gasteiger partial charge in [-0.25, -0.2) is 0 Å². The van der Waals surface area contributed by atoms with E-state index in [-0.39, 0.29) is 18.1 Å². The molecule has 0 aromatic carbocycles. The molecular formula is C11H17N3O2. The molecule has 1 fully saturated rings. The number of carbonyl (C=O) groups is 1. The fraction of sp³-hybridized carbons (Fsp3) is 0.636. The van der Waals surface area contributed by atoms with Crippen molar-refractivity contribution in [3.8, 4) is 0 Å². The first-order valence-electron chi connectivity index (χ1n) is 5.59. The molecule has 2 rings (SSSR count). The van der Waals surface area contributed by atoms with E-state index in [0.717, 1.165) is 19.4 Å². The van der Waals surface area contributed by atoms with Gasteiger partial charge in [-0.2, -0.15) is 5.10 Å². The molecule has 2 heterocycles. The van der Waals surface area contributed by atoms with Crippen molar-refractivity contribution < 1.29 is 9.53 Å². The summed E-state index contributed by atoms with van der Waals surface area (Å²) in [5.74, 6) is -0.0944. The molecule has 2 atom stereocenters. The molecule has 1 aromatic rings. The summed E-state index contributed by atoms with van der Waals surface area (Å²) in [6.07, 6.45) is 3.87. The molecule has 1 aliphatic heterocycles. The van der Waals surface area contributed by atoms with Gasteiger partial charge >= 0.3 is 0 Å². The predicted octanol–water partition coefficient (Wildman–Crippen LogP) is 0.717. The lowest BCUT2D eigenvalue weighted by Gasteiger charge is -2.19. The lowest BCUT2D eigenvalue weighted by Crippen LogP contribution is -2.41. The molecule has 88 valence electrons. The highest BCUT2D eigenvalue weighted by atomic mass is 16.5. The maximum atomic E-state index is 11.9. The molecule has 0 unspecified atom stereocenters. The van der Waals surface area contributed by atoms with Crippen molar-refractivity contribution in [1.82, 2.24) is 15.1 Å². The van der Waals surface area contributed by atoms with Gasteiger partial charge in [0.15, 0.2) is 0 Å². The highest BCUT2D eigenvalue weighted by molar-refractivity contribution is 5.92. The lowest BCUT2D eigenvalue weighted by molar-refractivity contribution is 0.0707. The summed E-state index contributed by atoms with van der Waals surface area (Å²) in [6.45, 7) is 2.78. The van der Waals surface area contributed by atoms with E-state index >= 15 is 0 Å². The molecule has 1 N–H and O–H groups in total. The van der Waals surface area contributed by atoms with Gasteiger partial charge in [-0.05, 0) is 25.8 Å². The highest BCUT2D eigenvalue weighted by Crippen LogP contribution is 2.15. The Kier molecular flexibility index (Phi) is 3.24. The first-order valence-corrected chi connectivity index (χ1v) is 5.59. The van der Waals surface area contributed by atoms with Crippen LogP contribution in [0.2, 0.25) is 0 Å². The first kappa shape index (κ1) is 11.1. The topological polar surface area (TPSA) is 56.2 Å². The fourth-order valence-corrected chi connectivity index (χ4v) is 1.97. The van der Waals surface area contributed by atoms with E-state index < -0.39 is 0 Å². The van der Waals surface area contributed by atoms with E-state index in [4.69, 9.17) is 4.74 Å². The summed E-state index contributed by atoms with van der Waals surface area (Å²) in [5.41, 5.74) is 0.574. The van der Waals surface area contributed by atoms with Gasteiger partial charge < -0.3 is 10.1 Å². The zero-order valence-electron chi connectivity index (χ0n) is 9.64. The molecule has 5 heteroatoms. The van der Waals surface area contributed by atoms with Crippen LogP contribution >= 0.6 is 0 Å². The number of aromatic nitrogens is 2. The van der Waals surface area contributed by atoms with E-state index in [9.17, 15) is 4.79 Å². The molecule has 16 heavy (non-hydrogen) atoms. The quantitative estimate of drug-likeness (QED) is 0.821. The Hall–Kier alpha value is -1.36. The minimum absolute atomic E-state index is 0.0462. The van der Waals surface area contributed by atoms with Crippen LogP contribution in [0.5, 0.6) is 0 Å². The number of hydrogen-bond acceptors (Lipinski definition) is 3. The molecule has 5 nitrogen and oxygen atoms in total. The van der Waals surface area contributed by atoms with Crippen molar-refractivity contribution in [1.29, 1.82) is 0 Å². The number of carbonyl (C=O) groups excluding carboxylic acids is 1. The third-order valence-corrected chi connectivity index (χ3v) is 2.93. The number of hydrogen-bond donors (Lipinski definition) is 1. The molecule has 1 aliphatic rings. The Bertz CT molecular complexity index is 369. The van der Waals surface area contributed by atoms with Crippen LogP contribution in [0.15, 0.2) is 12.3 Å². The van der Waals surface area contributed by atoms with Gasteiger partial charge in [0.25, 0.3) is 5.91 Å². The van der Waals surface area contributed by atoms with E-state index in [0.29, 0.717) is 5.69 Å². The predicted molar refractivity (Wildman–Crippen MR) is 59.1 cm³/mol. The van der Waals surface area contributed by atoms with Crippen molar-refractivity contribution in [2.24, 2.45) is 7.05 Å². The summed E-state index contributed by atoms with van der Waals surface area (Å²) in [6, 6.07) is 1.75. The fourth-order valence-electron chi connectivity index (χ4n) is 1.97. The number of aryl methyl sites for hydroxylation is 1. The smallest absolute Gasteiger partial charge is 0.269 e. The minimum Gasteiger partial charge on any atom is -0.376 e. The monoisotopic (exact) mass is 223 g/mol. The van der Waals surface area contributed by atoms with Gasteiger partial charge in [0, 0.05) is 19.9 Å². The molecule has 1 aromatic heterocycles. The molecule has 0 aliphatic carbocycles. The van der Waals surface area contributed by atoms with E-state index in [1.54, 1.807) is 24.0 Å². The second-order valence-corrected chi connectivity index (χ2v) is 4.15. The zero-order valence-corrected chi connectivity index (χ0v) is 9.64. The maximum absolute atomic E-state index is 11.9. The van der Waals surface area contributed by atoms with Crippen LogP contribution in [0.25, 0.3) is 0 Å². The SMILES string of the molecule is C[C@H](NC(=O)c1ccnn1C)[C@H]1CCCO1. The zero-order chi connectivity index (χ0) is 11.5. The van der Waals surface area contributed by atoms with Crippen molar-refractivity contribution in [2.75, 3.05) is 6.61 Å². The van der Waals surface area contributed by atoms with Crippen molar-refractivity contribution in [3.05, 3.63) is 18.0 Å². The first-order chi connectivity index (χ1) is 7.68. The standard InChI is InChI=1S/C11H17N3O2/c1-8(10-4-3-7-16-10)13-11(15)9-5-6-12-14(9)2/h5-6,8,10H,3-4,7H2,1-2H3,(H,13,15)/t8-,10+/m0/s1. The van der Waals surface area contributed by atoms with Crippen LogP contribution in [0.1, 0.15) is 30.3 Å². The highest BCUT2D eigenvalue weighted by Gasteiger charge is 2.24. The van der Waals surface area contributed by atoms with Crippen LogP contribution in [-0.2, 0) is 11.8 Å². The second kappa shape index (κ2) is 4.65. The Morgan fingerprint density at radius 2 is 2.56 bits per heavy atom. The Labute approximate surface area is 94.8 Å². The Morgan fingerprint density at radius 3 is 3.12 bits per heavy atom. The van der Waals surface area contributed by atoms with Gasteiger partial charge in [-0.3, -0.25) is 9.48 Å². The molecular weight excluding hydrogens is 206 g/mol. The van der Waals surface area contributed by atoms with Crippen LogP contribution in [0, 0.1) is 0 Å². The normalized spacial score (nSPS) is 22.0. The largest absolute Gasteiger partial charge is 0.376 e. The van der Waals surface area contributed by atoms with Crippen LogP contribution in [0.4, 0.5) is 0 Å². The maximum Gasteiger partial charge on any atom is 0.269 e. The minimum atomic E-state index is -0.0944. The van der Waals surface area contributed by atoms with Crippen LogP contribution < -0.4 is 5.32 Å². The summed E-state index contributed by atoms with van der Waals surface area (Å²) >= 11 is 0. The van der Waals surface area contributed by atoms with E-state index in [1.165, 1.54) is 0 Å². The lowest BCUT2D eigenvalue weighted by atomic mass is 10.1. The van der Waals surface area contributed by atoms with E-state index in [1.807, 2.05) is 6.92 Å². The van der Waals surface area contributed by atoms with Crippen molar-refractivity contribution >= 4 is 5.91 Å². The molecule has 0 spiro atoms.